The lowest BCUT2D eigenvalue weighted by Gasteiger charge is -2.29. The van der Waals surface area contributed by atoms with Crippen LogP contribution in [-0.4, -0.2) is 21.5 Å². The van der Waals surface area contributed by atoms with E-state index in [1.807, 2.05) is 72.9 Å². The lowest BCUT2D eigenvalue weighted by Crippen LogP contribution is -2.54. The molecule has 0 unspecified atom stereocenters. The van der Waals surface area contributed by atoms with Crippen LogP contribution in [0.25, 0.3) is 27.8 Å². The summed E-state index contributed by atoms with van der Waals surface area (Å²) in [5.41, 5.74) is 2.58. The number of anilines is 1. The second-order valence-electron chi connectivity index (χ2n) is 7.34. The zero-order valence-corrected chi connectivity index (χ0v) is 17.6. The van der Waals surface area contributed by atoms with Crippen molar-refractivity contribution in [2.24, 2.45) is 0 Å². The standard InChI is InChI=1S/C25H19N3O2S/c1-2-27-15-17(19-11-5-6-12-21(19)27)14-20-23(29)26-25(31)28(24(20)30)22-13-7-9-16-8-3-4-10-18(16)22/h3-15H,2H2,1H3,(H,26,29,31)/b20-14-. The topological polar surface area (TPSA) is 54.3 Å². The average Bonchev–Trinajstić information content (AvgIpc) is 3.14. The minimum absolute atomic E-state index is 0.0561. The fraction of sp³-hybridized carbons (Fsp3) is 0.0800. The highest BCUT2D eigenvalue weighted by Crippen LogP contribution is 2.31. The number of para-hydroxylation sites is 1. The number of amides is 2. The number of carbonyl (C=O) groups excluding carboxylic acids is 2. The van der Waals surface area contributed by atoms with Crippen molar-refractivity contribution < 1.29 is 9.59 Å². The van der Waals surface area contributed by atoms with E-state index < -0.39 is 11.8 Å². The molecule has 1 saturated heterocycles. The zero-order valence-electron chi connectivity index (χ0n) is 16.8. The van der Waals surface area contributed by atoms with Gasteiger partial charge in [0.05, 0.1) is 5.69 Å². The predicted octanol–water partition coefficient (Wildman–Crippen LogP) is 4.65. The number of nitrogens with zero attached hydrogens (tertiary/aromatic N) is 2. The van der Waals surface area contributed by atoms with Crippen molar-refractivity contribution in [2.75, 3.05) is 4.90 Å². The monoisotopic (exact) mass is 425 g/mol. The molecule has 152 valence electrons. The molecule has 5 nitrogen and oxygen atoms in total. The van der Waals surface area contributed by atoms with Gasteiger partial charge in [-0.2, -0.15) is 0 Å². The first-order chi connectivity index (χ1) is 15.1. The van der Waals surface area contributed by atoms with E-state index in [-0.39, 0.29) is 10.7 Å². The van der Waals surface area contributed by atoms with E-state index >= 15 is 0 Å². The minimum Gasteiger partial charge on any atom is -0.347 e. The third kappa shape index (κ3) is 3.12. The molecule has 1 aromatic heterocycles. The zero-order chi connectivity index (χ0) is 21.5. The molecular weight excluding hydrogens is 406 g/mol. The van der Waals surface area contributed by atoms with Gasteiger partial charge in [0.2, 0.25) is 0 Å². The second-order valence-corrected chi connectivity index (χ2v) is 7.73. The van der Waals surface area contributed by atoms with Crippen molar-refractivity contribution in [2.45, 2.75) is 13.5 Å². The summed E-state index contributed by atoms with van der Waals surface area (Å²) in [5, 5.41) is 5.63. The van der Waals surface area contributed by atoms with E-state index in [9.17, 15) is 9.59 Å². The van der Waals surface area contributed by atoms with Gasteiger partial charge < -0.3 is 4.57 Å². The van der Waals surface area contributed by atoms with Crippen LogP contribution in [-0.2, 0) is 16.1 Å². The largest absolute Gasteiger partial charge is 0.347 e. The molecular formula is C25H19N3O2S. The molecule has 0 radical (unpaired) electrons. The van der Waals surface area contributed by atoms with Gasteiger partial charge in [-0.3, -0.25) is 19.8 Å². The molecule has 2 amide bonds. The van der Waals surface area contributed by atoms with E-state index in [4.69, 9.17) is 12.2 Å². The van der Waals surface area contributed by atoms with Crippen LogP contribution in [0, 0.1) is 0 Å². The molecule has 1 N–H and O–H groups in total. The number of thiocarbonyl (C=S) groups is 1. The number of hydrogen-bond donors (Lipinski definition) is 1. The first-order valence-corrected chi connectivity index (χ1v) is 10.5. The van der Waals surface area contributed by atoms with Crippen LogP contribution >= 0.6 is 12.2 Å². The summed E-state index contributed by atoms with van der Waals surface area (Å²) in [7, 11) is 0. The van der Waals surface area contributed by atoms with Crippen molar-refractivity contribution in [3.05, 3.63) is 84.1 Å². The average molecular weight is 426 g/mol. The lowest BCUT2D eigenvalue weighted by molar-refractivity contribution is -0.122. The molecule has 0 atom stereocenters. The normalized spacial score (nSPS) is 15.8. The number of fused-ring (bicyclic) bond motifs is 2. The van der Waals surface area contributed by atoms with Crippen LogP contribution in [0.5, 0.6) is 0 Å². The number of aryl methyl sites for hydroxylation is 1. The fourth-order valence-electron chi connectivity index (χ4n) is 4.09. The number of hydrogen-bond acceptors (Lipinski definition) is 3. The molecule has 3 aromatic carbocycles. The number of benzene rings is 3. The molecule has 1 fully saturated rings. The van der Waals surface area contributed by atoms with Crippen LogP contribution < -0.4 is 10.2 Å². The third-order valence-electron chi connectivity index (χ3n) is 5.57. The van der Waals surface area contributed by atoms with Gasteiger partial charge in [-0.25, -0.2) is 0 Å². The smallest absolute Gasteiger partial charge is 0.270 e. The molecule has 1 aliphatic heterocycles. The highest BCUT2D eigenvalue weighted by molar-refractivity contribution is 7.80. The van der Waals surface area contributed by atoms with Gasteiger partial charge in [-0.1, -0.05) is 54.6 Å². The molecule has 0 bridgehead atoms. The Kier molecular flexibility index (Phi) is 4.64. The van der Waals surface area contributed by atoms with Crippen LogP contribution in [0.15, 0.2) is 78.5 Å². The molecule has 1 aliphatic rings. The van der Waals surface area contributed by atoms with Crippen molar-refractivity contribution in [3.8, 4) is 0 Å². The molecule has 4 aromatic rings. The SMILES string of the molecule is CCn1cc(/C=C2/C(=O)NC(=S)N(c3cccc4ccccc34)C2=O)c2ccccc21. The van der Waals surface area contributed by atoms with Crippen molar-refractivity contribution in [1.82, 2.24) is 9.88 Å². The summed E-state index contributed by atoms with van der Waals surface area (Å²) in [6, 6.07) is 21.4. The van der Waals surface area contributed by atoms with E-state index in [1.54, 1.807) is 6.08 Å². The minimum atomic E-state index is -0.486. The van der Waals surface area contributed by atoms with E-state index in [1.165, 1.54) is 4.90 Å². The quantitative estimate of drug-likeness (QED) is 0.295. The lowest BCUT2D eigenvalue weighted by atomic mass is 10.0. The maximum atomic E-state index is 13.5. The Labute approximate surface area is 184 Å². The molecule has 2 heterocycles. The Morgan fingerprint density at radius 3 is 2.45 bits per heavy atom. The first-order valence-electron chi connectivity index (χ1n) is 10.1. The van der Waals surface area contributed by atoms with E-state index in [0.29, 0.717) is 5.69 Å². The van der Waals surface area contributed by atoms with Crippen molar-refractivity contribution in [1.29, 1.82) is 0 Å². The molecule has 5 rings (SSSR count). The third-order valence-corrected chi connectivity index (χ3v) is 5.85. The molecule has 0 saturated carbocycles. The molecule has 0 spiro atoms. The van der Waals surface area contributed by atoms with Gasteiger partial charge in [-0.05, 0) is 42.7 Å². The van der Waals surface area contributed by atoms with Crippen molar-refractivity contribution >= 4 is 62.6 Å². The van der Waals surface area contributed by atoms with E-state index in [0.717, 1.165) is 33.8 Å². The Balaban J connectivity index is 1.65. The summed E-state index contributed by atoms with van der Waals surface area (Å²) in [6.07, 6.45) is 3.62. The van der Waals surface area contributed by atoms with Crippen LogP contribution in [0.4, 0.5) is 5.69 Å². The summed E-state index contributed by atoms with van der Waals surface area (Å²) >= 11 is 5.39. The Bertz CT molecular complexity index is 1410. The summed E-state index contributed by atoms with van der Waals surface area (Å²) in [5.74, 6) is -0.918. The molecule has 0 aliphatic carbocycles. The molecule has 31 heavy (non-hydrogen) atoms. The Morgan fingerprint density at radius 2 is 1.65 bits per heavy atom. The maximum Gasteiger partial charge on any atom is 0.270 e. The van der Waals surface area contributed by atoms with Gasteiger partial charge in [0, 0.05) is 34.6 Å². The van der Waals surface area contributed by atoms with Gasteiger partial charge in [0.1, 0.15) is 5.57 Å². The highest BCUT2D eigenvalue weighted by Gasteiger charge is 2.35. The van der Waals surface area contributed by atoms with Crippen molar-refractivity contribution in [3.63, 3.8) is 0 Å². The van der Waals surface area contributed by atoms with Gasteiger partial charge >= 0.3 is 0 Å². The van der Waals surface area contributed by atoms with Crippen LogP contribution in [0.3, 0.4) is 0 Å². The summed E-state index contributed by atoms with van der Waals surface area (Å²) in [4.78, 5) is 27.7. The molecule has 6 heteroatoms. The summed E-state index contributed by atoms with van der Waals surface area (Å²) < 4.78 is 2.10. The Morgan fingerprint density at radius 1 is 0.935 bits per heavy atom. The highest BCUT2D eigenvalue weighted by atomic mass is 32.1. The second kappa shape index (κ2) is 7.49. The van der Waals surface area contributed by atoms with Gasteiger partial charge in [0.25, 0.3) is 11.8 Å². The van der Waals surface area contributed by atoms with Gasteiger partial charge in [-0.15, -0.1) is 0 Å². The summed E-state index contributed by atoms with van der Waals surface area (Å²) in [6.45, 7) is 2.85. The Hall–Kier alpha value is -3.77. The number of rotatable bonds is 3. The predicted molar refractivity (Wildman–Crippen MR) is 128 cm³/mol. The van der Waals surface area contributed by atoms with Crippen LogP contribution in [0.1, 0.15) is 12.5 Å². The first kappa shape index (κ1) is 19.2. The number of aromatic nitrogens is 1. The number of nitrogens with one attached hydrogen (secondary N) is 1. The number of carbonyl (C=O) groups is 2. The van der Waals surface area contributed by atoms with E-state index in [2.05, 4.69) is 16.8 Å². The maximum absolute atomic E-state index is 13.5. The van der Waals surface area contributed by atoms with Crippen LogP contribution in [0.2, 0.25) is 0 Å². The fourth-order valence-corrected chi connectivity index (χ4v) is 4.36. The van der Waals surface area contributed by atoms with Gasteiger partial charge in [0.15, 0.2) is 5.11 Å².